The molecule has 0 saturated carbocycles. The molecule has 2 aromatic rings. The Morgan fingerprint density at radius 2 is 1.63 bits per heavy atom. The summed E-state index contributed by atoms with van der Waals surface area (Å²) in [5.74, 6) is -5.54. The van der Waals surface area contributed by atoms with Gasteiger partial charge in [0.25, 0.3) is 0 Å². The minimum absolute atomic E-state index is 0.0109. The van der Waals surface area contributed by atoms with E-state index in [1.54, 1.807) is 13.1 Å². The van der Waals surface area contributed by atoms with Crippen molar-refractivity contribution in [3.05, 3.63) is 46.3 Å². The molecule has 1 nitrogen and oxygen atoms in total. The van der Waals surface area contributed by atoms with Gasteiger partial charge in [0.1, 0.15) is 0 Å². The van der Waals surface area contributed by atoms with Gasteiger partial charge in [-0.3, -0.25) is 0 Å². The maximum atomic E-state index is 13.6. The molecule has 2 rings (SSSR count). The summed E-state index contributed by atoms with van der Waals surface area (Å²) in [5.41, 5.74) is -0.656. The molecule has 1 atom stereocenters. The lowest BCUT2D eigenvalue weighted by Crippen LogP contribution is -2.10. The standard InChI is InChI=1S/C13H11F4NS/c1-6(18-2)9-3-4-10(19-9)11-12(16)7(14)5-8(15)13(11)17/h3-6,18H,1-2H3. The first-order valence-corrected chi connectivity index (χ1v) is 6.37. The zero-order valence-corrected chi connectivity index (χ0v) is 11.0. The molecule has 0 spiro atoms. The van der Waals surface area contributed by atoms with E-state index in [1.165, 1.54) is 6.07 Å². The van der Waals surface area contributed by atoms with E-state index in [0.29, 0.717) is 0 Å². The first-order valence-electron chi connectivity index (χ1n) is 5.56. The molecule has 1 aromatic carbocycles. The van der Waals surface area contributed by atoms with Crippen molar-refractivity contribution in [3.8, 4) is 10.4 Å². The fourth-order valence-corrected chi connectivity index (χ4v) is 2.75. The van der Waals surface area contributed by atoms with Gasteiger partial charge in [0.15, 0.2) is 23.3 Å². The third-order valence-corrected chi connectivity index (χ3v) is 4.13. The molecule has 102 valence electrons. The van der Waals surface area contributed by atoms with Gasteiger partial charge < -0.3 is 5.32 Å². The van der Waals surface area contributed by atoms with E-state index in [0.717, 1.165) is 16.2 Å². The fraction of sp³-hybridized carbons (Fsp3) is 0.231. The van der Waals surface area contributed by atoms with Crippen LogP contribution in [-0.4, -0.2) is 7.05 Å². The lowest BCUT2D eigenvalue weighted by molar-refractivity contribution is 0.458. The maximum absolute atomic E-state index is 13.6. The van der Waals surface area contributed by atoms with Crippen LogP contribution in [0.25, 0.3) is 10.4 Å². The van der Waals surface area contributed by atoms with Crippen LogP contribution < -0.4 is 5.32 Å². The molecule has 0 fully saturated rings. The van der Waals surface area contributed by atoms with Gasteiger partial charge in [-0.25, -0.2) is 17.6 Å². The van der Waals surface area contributed by atoms with Crippen molar-refractivity contribution in [2.45, 2.75) is 13.0 Å². The number of thiophene rings is 1. The van der Waals surface area contributed by atoms with E-state index in [-0.39, 0.29) is 17.0 Å². The van der Waals surface area contributed by atoms with Crippen LogP contribution in [0.2, 0.25) is 0 Å². The predicted molar refractivity (Wildman–Crippen MR) is 67.1 cm³/mol. The first kappa shape index (κ1) is 14.0. The molecule has 1 N–H and O–H groups in total. The molecule has 0 radical (unpaired) electrons. The Balaban J connectivity index is 2.56. The van der Waals surface area contributed by atoms with E-state index in [4.69, 9.17) is 0 Å². The Bertz CT molecular complexity index is 583. The van der Waals surface area contributed by atoms with E-state index in [1.807, 2.05) is 6.92 Å². The summed E-state index contributed by atoms with van der Waals surface area (Å²) in [6, 6.07) is 3.32. The van der Waals surface area contributed by atoms with Gasteiger partial charge in [0.2, 0.25) is 0 Å². The molecule has 0 aliphatic rings. The quantitative estimate of drug-likeness (QED) is 0.658. The lowest BCUT2D eigenvalue weighted by Gasteiger charge is -2.07. The van der Waals surface area contributed by atoms with Crippen molar-refractivity contribution in [1.29, 1.82) is 0 Å². The van der Waals surface area contributed by atoms with E-state index >= 15 is 0 Å². The Labute approximate surface area is 111 Å². The second kappa shape index (κ2) is 5.30. The molecule has 1 aromatic heterocycles. The monoisotopic (exact) mass is 289 g/mol. The van der Waals surface area contributed by atoms with Crippen LogP contribution in [0.3, 0.4) is 0 Å². The van der Waals surface area contributed by atoms with Crippen molar-refractivity contribution in [2.24, 2.45) is 0 Å². The molecule has 0 aliphatic carbocycles. The second-order valence-corrected chi connectivity index (χ2v) is 5.17. The average molecular weight is 289 g/mol. The van der Waals surface area contributed by atoms with Crippen molar-refractivity contribution in [2.75, 3.05) is 7.05 Å². The Kier molecular flexibility index (Phi) is 3.91. The Morgan fingerprint density at radius 3 is 2.16 bits per heavy atom. The number of hydrogen-bond donors (Lipinski definition) is 1. The molecule has 0 aliphatic heterocycles. The molecular weight excluding hydrogens is 278 g/mol. The summed E-state index contributed by atoms with van der Waals surface area (Å²) < 4.78 is 53.6. The van der Waals surface area contributed by atoms with Crippen molar-refractivity contribution >= 4 is 11.3 Å². The molecule has 19 heavy (non-hydrogen) atoms. The average Bonchev–Trinajstić information content (AvgIpc) is 2.85. The minimum atomic E-state index is -1.40. The third-order valence-electron chi connectivity index (χ3n) is 2.84. The smallest absolute Gasteiger partial charge is 0.170 e. The van der Waals surface area contributed by atoms with Crippen LogP contribution in [0.5, 0.6) is 0 Å². The summed E-state index contributed by atoms with van der Waals surface area (Å²) in [5, 5.41) is 2.97. The highest BCUT2D eigenvalue weighted by Gasteiger charge is 2.22. The zero-order valence-electron chi connectivity index (χ0n) is 10.2. The zero-order chi connectivity index (χ0) is 14.2. The largest absolute Gasteiger partial charge is 0.313 e. The maximum Gasteiger partial charge on any atom is 0.170 e. The van der Waals surface area contributed by atoms with Gasteiger partial charge in [0.05, 0.1) is 5.56 Å². The van der Waals surface area contributed by atoms with Crippen LogP contribution in [0, 0.1) is 23.3 Å². The second-order valence-electron chi connectivity index (χ2n) is 4.06. The molecule has 1 heterocycles. The van der Waals surface area contributed by atoms with Gasteiger partial charge in [-0.15, -0.1) is 11.3 Å². The Morgan fingerprint density at radius 1 is 1.05 bits per heavy atom. The highest BCUT2D eigenvalue weighted by atomic mass is 32.1. The van der Waals surface area contributed by atoms with Crippen molar-refractivity contribution in [3.63, 3.8) is 0 Å². The number of benzene rings is 1. The summed E-state index contributed by atoms with van der Waals surface area (Å²) in [7, 11) is 1.74. The van der Waals surface area contributed by atoms with Gasteiger partial charge in [-0.1, -0.05) is 0 Å². The van der Waals surface area contributed by atoms with Gasteiger partial charge in [-0.05, 0) is 26.1 Å². The molecular formula is C13H11F4NS. The van der Waals surface area contributed by atoms with Gasteiger partial charge in [-0.2, -0.15) is 0 Å². The van der Waals surface area contributed by atoms with Crippen LogP contribution in [0.4, 0.5) is 17.6 Å². The molecule has 0 bridgehead atoms. The molecule has 1 unspecified atom stereocenters. The normalized spacial score (nSPS) is 12.7. The SMILES string of the molecule is CNC(C)c1ccc(-c2c(F)c(F)cc(F)c2F)s1. The van der Waals surface area contributed by atoms with Crippen LogP contribution >= 0.6 is 11.3 Å². The third kappa shape index (κ3) is 2.50. The van der Waals surface area contributed by atoms with Crippen LogP contribution in [0.15, 0.2) is 18.2 Å². The van der Waals surface area contributed by atoms with Gasteiger partial charge in [0, 0.05) is 21.9 Å². The summed E-state index contributed by atoms with van der Waals surface area (Å²) in [6.45, 7) is 1.87. The molecule has 0 amide bonds. The van der Waals surface area contributed by atoms with Crippen molar-refractivity contribution < 1.29 is 17.6 Å². The number of halogens is 4. The number of rotatable bonds is 3. The minimum Gasteiger partial charge on any atom is -0.313 e. The fourth-order valence-electron chi connectivity index (χ4n) is 1.65. The summed E-state index contributed by atoms with van der Waals surface area (Å²) >= 11 is 1.09. The van der Waals surface area contributed by atoms with Gasteiger partial charge >= 0.3 is 0 Å². The number of nitrogens with one attached hydrogen (secondary N) is 1. The Hall–Kier alpha value is -1.40. The van der Waals surface area contributed by atoms with E-state index in [9.17, 15) is 17.6 Å². The highest BCUT2D eigenvalue weighted by molar-refractivity contribution is 7.15. The van der Waals surface area contributed by atoms with Crippen molar-refractivity contribution in [1.82, 2.24) is 5.32 Å². The highest BCUT2D eigenvalue weighted by Crippen LogP contribution is 2.36. The van der Waals surface area contributed by atoms with E-state index < -0.39 is 28.8 Å². The topological polar surface area (TPSA) is 12.0 Å². The first-order chi connectivity index (χ1) is 8.95. The molecule has 0 saturated heterocycles. The molecule has 6 heteroatoms. The van der Waals surface area contributed by atoms with Crippen LogP contribution in [0.1, 0.15) is 17.8 Å². The lowest BCUT2D eigenvalue weighted by atomic mass is 10.1. The predicted octanol–water partition coefficient (Wildman–Crippen LogP) is 4.25. The van der Waals surface area contributed by atoms with E-state index in [2.05, 4.69) is 5.32 Å². The summed E-state index contributed by atoms with van der Waals surface area (Å²) in [4.78, 5) is 0.978. The van der Waals surface area contributed by atoms with Crippen LogP contribution in [-0.2, 0) is 0 Å². The summed E-state index contributed by atoms with van der Waals surface area (Å²) in [6.07, 6.45) is 0. The number of hydrogen-bond acceptors (Lipinski definition) is 2.